The number of carbonyl (C=O) groups excluding carboxylic acids is 1. The Morgan fingerprint density at radius 1 is 1.45 bits per heavy atom. The lowest BCUT2D eigenvalue weighted by molar-refractivity contribution is 0.187. The predicted molar refractivity (Wildman–Crippen MR) is 82.4 cm³/mol. The molecule has 1 aromatic heterocycles. The van der Waals surface area contributed by atoms with Crippen LogP contribution in [0.2, 0.25) is 0 Å². The van der Waals surface area contributed by atoms with Crippen molar-refractivity contribution in [3.8, 4) is 5.75 Å². The van der Waals surface area contributed by atoms with E-state index in [-0.39, 0.29) is 0 Å². The number of benzene rings is 1. The number of ether oxygens (including phenoxy) is 2. The van der Waals surface area contributed by atoms with Gasteiger partial charge in [-0.05, 0) is 18.1 Å². The quantitative estimate of drug-likeness (QED) is 0.904. The second-order valence-corrected chi connectivity index (χ2v) is 5.02. The molecule has 1 aliphatic rings. The van der Waals surface area contributed by atoms with Crippen LogP contribution >= 0.6 is 0 Å². The van der Waals surface area contributed by atoms with Crippen LogP contribution in [0.15, 0.2) is 24.7 Å². The molecule has 0 radical (unpaired) electrons. The zero-order valence-electron chi connectivity index (χ0n) is 12.5. The molecule has 2 aromatic rings. The van der Waals surface area contributed by atoms with Crippen LogP contribution in [-0.2, 0) is 17.7 Å². The Bertz CT molecular complexity index is 670. The van der Waals surface area contributed by atoms with E-state index >= 15 is 0 Å². The van der Waals surface area contributed by atoms with Crippen LogP contribution in [-0.4, -0.2) is 36.8 Å². The second kappa shape index (κ2) is 5.97. The van der Waals surface area contributed by atoms with Crippen molar-refractivity contribution in [1.29, 1.82) is 0 Å². The highest BCUT2D eigenvalue weighted by molar-refractivity contribution is 5.90. The number of carbonyl (C=O) groups is 1. The van der Waals surface area contributed by atoms with E-state index in [0.717, 1.165) is 24.3 Å². The lowest BCUT2D eigenvalue weighted by Gasteiger charge is -2.22. The number of H-pyrrole nitrogens is 1. The van der Waals surface area contributed by atoms with Gasteiger partial charge in [0, 0.05) is 12.7 Å². The molecule has 0 atom stereocenters. The molecule has 1 aromatic carbocycles. The summed E-state index contributed by atoms with van der Waals surface area (Å²) in [7, 11) is 2.94. The summed E-state index contributed by atoms with van der Waals surface area (Å²) in [6, 6.07) is 3.85. The highest BCUT2D eigenvalue weighted by atomic mass is 16.5. The number of methoxy groups -OCH3 is 2. The van der Waals surface area contributed by atoms with E-state index in [1.165, 1.54) is 12.7 Å². The SMILES string of the molecule is COC(=O)Nc1ccc2c(c1OC)N(Cc1cnc[nH]1)CC2. The minimum absolute atomic E-state index is 0.517. The van der Waals surface area contributed by atoms with Crippen LogP contribution in [0.3, 0.4) is 0 Å². The van der Waals surface area contributed by atoms with Gasteiger partial charge in [0.05, 0.1) is 44.2 Å². The number of hydrogen-bond donors (Lipinski definition) is 2. The van der Waals surface area contributed by atoms with E-state index < -0.39 is 6.09 Å². The fourth-order valence-corrected chi connectivity index (χ4v) is 2.73. The normalized spacial score (nSPS) is 12.9. The number of hydrogen-bond acceptors (Lipinski definition) is 5. The highest BCUT2D eigenvalue weighted by Crippen LogP contribution is 2.43. The van der Waals surface area contributed by atoms with Gasteiger partial charge in [-0.2, -0.15) is 0 Å². The van der Waals surface area contributed by atoms with Gasteiger partial charge in [-0.15, -0.1) is 0 Å². The molecule has 7 heteroatoms. The Morgan fingerprint density at radius 3 is 3.00 bits per heavy atom. The Hall–Kier alpha value is -2.70. The third kappa shape index (κ3) is 2.57. The smallest absolute Gasteiger partial charge is 0.411 e. The van der Waals surface area contributed by atoms with Gasteiger partial charge in [0.2, 0.25) is 0 Å². The van der Waals surface area contributed by atoms with E-state index in [4.69, 9.17) is 4.74 Å². The van der Waals surface area contributed by atoms with Gasteiger partial charge in [-0.1, -0.05) is 6.07 Å². The van der Waals surface area contributed by atoms with Gasteiger partial charge in [-0.3, -0.25) is 5.32 Å². The zero-order valence-corrected chi connectivity index (χ0v) is 12.5. The van der Waals surface area contributed by atoms with E-state index in [1.807, 2.05) is 12.1 Å². The first kappa shape index (κ1) is 14.2. The third-order valence-electron chi connectivity index (χ3n) is 3.72. The van der Waals surface area contributed by atoms with Crippen molar-refractivity contribution < 1.29 is 14.3 Å². The topological polar surface area (TPSA) is 79.5 Å². The summed E-state index contributed by atoms with van der Waals surface area (Å²) < 4.78 is 10.2. The summed E-state index contributed by atoms with van der Waals surface area (Å²) in [5, 5.41) is 2.69. The molecule has 0 bridgehead atoms. The molecule has 0 fully saturated rings. The number of aromatic nitrogens is 2. The number of aromatic amines is 1. The van der Waals surface area contributed by atoms with Gasteiger partial charge < -0.3 is 19.4 Å². The van der Waals surface area contributed by atoms with Gasteiger partial charge in [0.15, 0.2) is 5.75 Å². The molecule has 1 amide bonds. The summed E-state index contributed by atoms with van der Waals surface area (Å²) in [6.07, 6.45) is 3.90. The molecule has 116 valence electrons. The first-order chi connectivity index (χ1) is 10.7. The van der Waals surface area contributed by atoms with Crippen molar-refractivity contribution in [1.82, 2.24) is 9.97 Å². The molecule has 0 spiro atoms. The minimum Gasteiger partial charge on any atom is -0.492 e. The van der Waals surface area contributed by atoms with E-state index in [0.29, 0.717) is 18.0 Å². The predicted octanol–water partition coefficient (Wildman–Crippen LogP) is 2.16. The average Bonchev–Trinajstić information content (AvgIpc) is 3.18. The molecular formula is C15H18N4O3. The van der Waals surface area contributed by atoms with Gasteiger partial charge in [0.25, 0.3) is 0 Å². The second-order valence-electron chi connectivity index (χ2n) is 5.02. The number of amides is 1. The standard InChI is InChI=1S/C15H18N4O3/c1-21-14-12(18-15(20)22-2)4-3-10-5-6-19(13(10)14)8-11-7-16-9-17-11/h3-4,7,9H,5-6,8H2,1-2H3,(H,16,17)(H,18,20). The third-order valence-corrected chi connectivity index (χ3v) is 3.72. The fraction of sp³-hybridized carbons (Fsp3) is 0.333. The van der Waals surface area contributed by atoms with Crippen molar-refractivity contribution in [3.05, 3.63) is 35.9 Å². The zero-order chi connectivity index (χ0) is 15.5. The number of anilines is 2. The summed E-state index contributed by atoms with van der Waals surface area (Å²) in [4.78, 5) is 20.8. The first-order valence-electron chi connectivity index (χ1n) is 7.00. The van der Waals surface area contributed by atoms with Gasteiger partial charge in [-0.25, -0.2) is 9.78 Å². The summed E-state index contributed by atoms with van der Waals surface area (Å²) in [5.74, 6) is 0.653. The monoisotopic (exact) mass is 302 g/mol. The van der Waals surface area contributed by atoms with E-state index in [9.17, 15) is 4.79 Å². The van der Waals surface area contributed by atoms with Crippen molar-refractivity contribution in [2.24, 2.45) is 0 Å². The molecule has 0 saturated heterocycles. The van der Waals surface area contributed by atoms with Crippen LogP contribution < -0.4 is 15.0 Å². The van der Waals surface area contributed by atoms with Gasteiger partial charge >= 0.3 is 6.09 Å². The number of nitrogens with one attached hydrogen (secondary N) is 2. The molecule has 0 aliphatic carbocycles. The summed E-state index contributed by atoms with van der Waals surface area (Å²) in [5.41, 5.74) is 3.84. The molecule has 7 nitrogen and oxygen atoms in total. The molecule has 3 rings (SSSR count). The molecule has 2 N–H and O–H groups in total. The van der Waals surface area contributed by atoms with Crippen molar-refractivity contribution in [3.63, 3.8) is 0 Å². The first-order valence-corrected chi connectivity index (χ1v) is 7.00. The number of rotatable bonds is 4. The number of fused-ring (bicyclic) bond motifs is 1. The summed E-state index contributed by atoms with van der Waals surface area (Å²) in [6.45, 7) is 1.61. The van der Waals surface area contributed by atoms with Crippen LogP contribution in [0.25, 0.3) is 0 Å². The Balaban J connectivity index is 1.93. The van der Waals surface area contributed by atoms with Crippen molar-refractivity contribution >= 4 is 17.5 Å². The maximum atomic E-state index is 11.5. The molecule has 22 heavy (non-hydrogen) atoms. The van der Waals surface area contributed by atoms with E-state index in [1.54, 1.807) is 19.6 Å². The Labute approximate surface area is 128 Å². The maximum absolute atomic E-state index is 11.5. The number of imidazole rings is 1. The van der Waals surface area contributed by atoms with Gasteiger partial charge in [0.1, 0.15) is 0 Å². The highest BCUT2D eigenvalue weighted by Gasteiger charge is 2.26. The minimum atomic E-state index is -0.517. The maximum Gasteiger partial charge on any atom is 0.411 e. The molecule has 0 unspecified atom stereocenters. The Kier molecular flexibility index (Phi) is 3.86. The molecule has 0 saturated carbocycles. The lowest BCUT2D eigenvalue weighted by atomic mass is 10.1. The van der Waals surface area contributed by atoms with Crippen molar-refractivity contribution in [2.75, 3.05) is 31.0 Å². The molecule has 1 aliphatic heterocycles. The van der Waals surface area contributed by atoms with Crippen LogP contribution in [0.4, 0.5) is 16.2 Å². The van der Waals surface area contributed by atoms with Crippen LogP contribution in [0.1, 0.15) is 11.3 Å². The average molecular weight is 302 g/mol. The van der Waals surface area contributed by atoms with Crippen molar-refractivity contribution in [2.45, 2.75) is 13.0 Å². The lowest BCUT2D eigenvalue weighted by Crippen LogP contribution is -2.21. The Morgan fingerprint density at radius 2 is 2.32 bits per heavy atom. The molecule has 2 heterocycles. The fourth-order valence-electron chi connectivity index (χ4n) is 2.73. The number of nitrogens with zero attached hydrogens (tertiary/aromatic N) is 2. The molecular weight excluding hydrogens is 284 g/mol. The summed E-state index contributed by atoms with van der Waals surface area (Å²) >= 11 is 0. The van der Waals surface area contributed by atoms with Crippen LogP contribution in [0, 0.1) is 0 Å². The largest absolute Gasteiger partial charge is 0.492 e. The van der Waals surface area contributed by atoms with Crippen LogP contribution in [0.5, 0.6) is 5.75 Å². The van der Waals surface area contributed by atoms with E-state index in [2.05, 4.69) is 24.9 Å².